The van der Waals surface area contributed by atoms with Crippen molar-refractivity contribution in [3.8, 4) is 10.6 Å². The Kier molecular flexibility index (Phi) is 4.41. The average molecular weight is 380 g/mol. The van der Waals surface area contributed by atoms with Crippen LogP contribution < -0.4 is 5.32 Å². The Hall–Kier alpha value is -3.12. The fraction of sp³-hybridized carbons (Fsp3) is 0.0476. The maximum Gasteiger partial charge on any atom is 0.258 e. The zero-order chi connectivity index (χ0) is 19.0. The fourth-order valence-corrected chi connectivity index (χ4v) is 3.71. The Morgan fingerprint density at radius 1 is 1.04 bits per heavy atom. The molecular formula is C21H14F2N2OS. The molecule has 0 bridgehead atoms. The highest BCUT2D eigenvalue weighted by atomic mass is 32.1. The van der Waals surface area contributed by atoms with Crippen LogP contribution in [0, 0.1) is 18.6 Å². The SMILES string of the molecule is Cc1ccc(-c2nc3ccccc3s2)cc1NC(=O)c1ccc(F)cc1F. The molecule has 0 aliphatic heterocycles. The van der Waals surface area contributed by atoms with Crippen molar-refractivity contribution in [2.75, 3.05) is 5.32 Å². The summed E-state index contributed by atoms with van der Waals surface area (Å²) in [6, 6.07) is 16.3. The van der Waals surface area contributed by atoms with Gasteiger partial charge in [0.2, 0.25) is 0 Å². The van der Waals surface area contributed by atoms with E-state index in [1.807, 2.05) is 49.4 Å². The average Bonchev–Trinajstić information content (AvgIpc) is 3.07. The second kappa shape index (κ2) is 6.89. The largest absolute Gasteiger partial charge is 0.322 e. The minimum atomic E-state index is -0.896. The van der Waals surface area contributed by atoms with Crippen LogP contribution in [0.5, 0.6) is 0 Å². The summed E-state index contributed by atoms with van der Waals surface area (Å²) in [4.78, 5) is 17.0. The van der Waals surface area contributed by atoms with Gasteiger partial charge in [-0.2, -0.15) is 0 Å². The number of aromatic nitrogens is 1. The summed E-state index contributed by atoms with van der Waals surface area (Å²) in [5.74, 6) is -2.25. The number of aryl methyl sites for hydroxylation is 1. The van der Waals surface area contributed by atoms with Gasteiger partial charge in [0.05, 0.1) is 15.8 Å². The van der Waals surface area contributed by atoms with Crippen molar-refractivity contribution in [3.05, 3.63) is 83.4 Å². The normalized spacial score (nSPS) is 10.9. The first kappa shape index (κ1) is 17.3. The predicted molar refractivity (Wildman–Crippen MR) is 104 cm³/mol. The number of carbonyl (C=O) groups excluding carboxylic acids is 1. The maximum absolute atomic E-state index is 13.9. The van der Waals surface area contributed by atoms with Crippen molar-refractivity contribution in [1.82, 2.24) is 4.98 Å². The van der Waals surface area contributed by atoms with E-state index in [1.54, 1.807) is 11.3 Å². The van der Waals surface area contributed by atoms with Crippen LogP contribution in [0.15, 0.2) is 60.7 Å². The van der Waals surface area contributed by atoms with Crippen molar-refractivity contribution < 1.29 is 13.6 Å². The third kappa shape index (κ3) is 3.44. The minimum Gasteiger partial charge on any atom is -0.322 e. The van der Waals surface area contributed by atoms with E-state index in [1.165, 1.54) is 0 Å². The highest BCUT2D eigenvalue weighted by Crippen LogP contribution is 2.32. The summed E-state index contributed by atoms with van der Waals surface area (Å²) in [6.45, 7) is 1.85. The monoisotopic (exact) mass is 380 g/mol. The summed E-state index contributed by atoms with van der Waals surface area (Å²) in [5, 5.41) is 3.54. The summed E-state index contributed by atoms with van der Waals surface area (Å²) in [5.41, 5.74) is 2.95. The molecule has 1 N–H and O–H groups in total. The van der Waals surface area contributed by atoms with Gasteiger partial charge in [-0.3, -0.25) is 4.79 Å². The summed E-state index contributed by atoms with van der Waals surface area (Å²) < 4.78 is 28.0. The molecule has 0 saturated heterocycles. The van der Waals surface area contributed by atoms with E-state index in [2.05, 4.69) is 10.3 Å². The molecule has 3 aromatic carbocycles. The van der Waals surface area contributed by atoms with E-state index < -0.39 is 17.5 Å². The van der Waals surface area contributed by atoms with E-state index >= 15 is 0 Å². The van der Waals surface area contributed by atoms with Crippen molar-refractivity contribution in [3.63, 3.8) is 0 Å². The molecular weight excluding hydrogens is 366 g/mol. The van der Waals surface area contributed by atoms with Crippen molar-refractivity contribution in [1.29, 1.82) is 0 Å². The summed E-state index contributed by atoms with van der Waals surface area (Å²) >= 11 is 1.56. The number of halogens is 2. The Labute approximate surface area is 158 Å². The number of para-hydroxylation sites is 1. The number of fused-ring (bicyclic) bond motifs is 1. The number of nitrogens with zero attached hydrogens (tertiary/aromatic N) is 1. The predicted octanol–water partition coefficient (Wildman–Crippen LogP) is 5.80. The lowest BCUT2D eigenvalue weighted by Crippen LogP contribution is -2.14. The van der Waals surface area contributed by atoms with E-state index in [0.717, 1.165) is 38.5 Å². The minimum absolute atomic E-state index is 0.207. The van der Waals surface area contributed by atoms with E-state index in [0.29, 0.717) is 11.8 Å². The number of hydrogen-bond donors (Lipinski definition) is 1. The van der Waals surface area contributed by atoms with E-state index in [9.17, 15) is 13.6 Å². The van der Waals surface area contributed by atoms with Gasteiger partial charge in [0.25, 0.3) is 5.91 Å². The molecule has 0 unspecified atom stereocenters. The first-order chi connectivity index (χ1) is 13.0. The number of hydrogen-bond acceptors (Lipinski definition) is 3. The van der Waals surface area contributed by atoms with Crippen molar-refractivity contribution in [2.45, 2.75) is 6.92 Å². The van der Waals surface area contributed by atoms with Crippen LogP contribution in [-0.2, 0) is 0 Å². The molecule has 0 fully saturated rings. The summed E-state index contributed by atoms with van der Waals surface area (Å²) in [7, 11) is 0. The second-order valence-electron chi connectivity index (χ2n) is 6.09. The van der Waals surface area contributed by atoms with Gasteiger partial charge in [-0.15, -0.1) is 11.3 Å². The lowest BCUT2D eigenvalue weighted by molar-refractivity contribution is 0.102. The summed E-state index contributed by atoms with van der Waals surface area (Å²) in [6.07, 6.45) is 0. The molecule has 0 aliphatic carbocycles. The third-order valence-electron chi connectivity index (χ3n) is 4.20. The quantitative estimate of drug-likeness (QED) is 0.488. The number of amides is 1. The van der Waals surface area contributed by atoms with Gasteiger partial charge in [0.15, 0.2) is 0 Å². The number of rotatable bonds is 3. The number of nitrogens with one attached hydrogen (secondary N) is 1. The topological polar surface area (TPSA) is 42.0 Å². The zero-order valence-corrected chi connectivity index (χ0v) is 15.1. The third-order valence-corrected chi connectivity index (χ3v) is 5.29. The van der Waals surface area contributed by atoms with E-state index in [4.69, 9.17) is 0 Å². The van der Waals surface area contributed by atoms with Crippen LogP contribution in [0.1, 0.15) is 15.9 Å². The van der Waals surface area contributed by atoms with Crippen LogP contribution in [0.3, 0.4) is 0 Å². The van der Waals surface area contributed by atoms with Crippen LogP contribution >= 0.6 is 11.3 Å². The van der Waals surface area contributed by atoms with Crippen molar-refractivity contribution >= 4 is 33.1 Å². The first-order valence-corrected chi connectivity index (χ1v) is 9.06. The number of benzene rings is 3. The Morgan fingerprint density at radius 3 is 2.63 bits per heavy atom. The van der Waals surface area contributed by atoms with Crippen LogP contribution in [0.4, 0.5) is 14.5 Å². The van der Waals surface area contributed by atoms with E-state index in [-0.39, 0.29) is 5.56 Å². The lowest BCUT2D eigenvalue weighted by Gasteiger charge is -2.10. The molecule has 1 aromatic heterocycles. The smallest absolute Gasteiger partial charge is 0.258 e. The molecule has 0 saturated carbocycles. The molecule has 1 heterocycles. The van der Waals surface area contributed by atoms with Crippen molar-refractivity contribution in [2.24, 2.45) is 0 Å². The Morgan fingerprint density at radius 2 is 1.85 bits per heavy atom. The van der Waals surface area contributed by atoms with Gasteiger partial charge in [0, 0.05) is 17.3 Å². The van der Waals surface area contributed by atoms with Crippen LogP contribution in [0.2, 0.25) is 0 Å². The van der Waals surface area contributed by atoms with Gasteiger partial charge < -0.3 is 5.32 Å². The molecule has 0 aliphatic rings. The number of thiazole rings is 1. The second-order valence-corrected chi connectivity index (χ2v) is 7.13. The van der Waals surface area contributed by atoms with Gasteiger partial charge in [-0.05, 0) is 42.8 Å². The molecule has 0 radical (unpaired) electrons. The number of carbonyl (C=O) groups is 1. The maximum atomic E-state index is 13.9. The molecule has 1 amide bonds. The van der Waals surface area contributed by atoms with Gasteiger partial charge in [0.1, 0.15) is 16.6 Å². The van der Waals surface area contributed by atoms with Crippen LogP contribution in [0.25, 0.3) is 20.8 Å². The molecule has 3 nitrogen and oxygen atoms in total. The van der Waals surface area contributed by atoms with Crippen LogP contribution in [-0.4, -0.2) is 10.9 Å². The molecule has 4 rings (SSSR count). The highest BCUT2D eigenvalue weighted by molar-refractivity contribution is 7.21. The molecule has 4 aromatic rings. The molecule has 0 spiro atoms. The highest BCUT2D eigenvalue weighted by Gasteiger charge is 2.15. The lowest BCUT2D eigenvalue weighted by atomic mass is 10.1. The Balaban J connectivity index is 1.67. The van der Waals surface area contributed by atoms with Gasteiger partial charge in [-0.1, -0.05) is 24.3 Å². The molecule has 27 heavy (non-hydrogen) atoms. The standard InChI is InChI=1S/C21H14F2N2OS/c1-12-6-7-13(21-25-17-4-2-3-5-19(17)27-21)10-18(12)24-20(26)15-9-8-14(22)11-16(15)23/h2-11H,1H3,(H,24,26). The fourth-order valence-electron chi connectivity index (χ4n) is 2.75. The zero-order valence-electron chi connectivity index (χ0n) is 14.3. The first-order valence-electron chi connectivity index (χ1n) is 8.24. The van der Waals surface area contributed by atoms with Gasteiger partial charge in [-0.25, -0.2) is 13.8 Å². The van der Waals surface area contributed by atoms with Gasteiger partial charge >= 0.3 is 0 Å². The molecule has 6 heteroatoms. The molecule has 134 valence electrons. The molecule has 0 atom stereocenters. The number of anilines is 1. The Bertz CT molecular complexity index is 1140.